The summed E-state index contributed by atoms with van der Waals surface area (Å²) in [5, 5.41) is 0. The van der Waals surface area contributed by atoms with Crippen LogP contribution in [0.2, 0.25) is 0 Å². The quantitative estimate of drug-likeness (QED) is 0.822. The zero-order valence-corrected chi connectivity index (χ0v) is 11.0. The first-order valence-electron chi connectivity index (χ1n) is 6.00. The molecule has 1 unspecified atom stereocenters. The Morgan fingerprint density at radius 3 is 2.39 bits per heavy atom. The summed E-state index contributed by atoms with van der Waals surface area (Å²) in [5.41, 5.74) is 2.21. The number of benzene rings is 1. The first-order valence-corrected chi connectivity index (χ1v) is 6.00. The van der Waals surface area contributed by atoms with Gasteiger partial charge in [-0.15, -0.1) is 0 Å². The third kappa shape index (κ3) is 2.62. The molecule has 0 saturated heterocycles. The van der Waals surface area contributed by atoms with Crippen molar-refractivity contribution in [1.82, 2.24) is 4.98 Å². The Morgan fingerprint density at radius 1 is 1.11 bits per heavy atom. The van der Waals surface area contributed by atoms with Gasteiger partial charge >= 0.3 is 0 Å². The fourth-order valence-corrected chi connectivity index (χ4v) is 1.86. The molecule has 0 amide bonds. The van der Waals surface area contributed by atoms with Gasteiger partial charge < -0.3 is 9.64 Å². The Hall–Kier alpha value is -2.03. The van der Waals surface area contributed by atoms with E-state index in [4.69, 9.17) is 4.74 Å². The summed E-state index contributed by atoms with van der Waals surface area (Å²) in [4.78, 5) is 6.59. The monoisotopic (exact) mass is 242 g/mol. The molecule has 3 heteroatoms. The van der Waals surface area contributed by atoms with E-state index in [0.29, 0.717) is 0 Å². The van der Waals surface area contributed by atoms with Crippen LogP contribution in [-0.2, 0) is 0 Å². The molecule has 1 atom stereocenters. The average molecular weight is 242 g/mol. The molecule has 2 rings (SSSR count). The zero-order valence-electron chi connectivity index (χ0n) is 11.0. The van der Waals surface area contributed by atoms with Crippen LogP contribution in [0.4, 0.5) is 5.69 Å². The average Bonchev–Trinajstić information content (AvgIpc) is 2.47. The van der Waals surface area contributed by atoms with Crippen LogP contribution >= 0.6 is 0 Å². The first kappa shape index (κ1) is 12.4. The number of ether oxygens (including phenoxy) is 1. The maximum atomic E-state index is 5.16. The van der Waals surface area contributed by atoms with Crippen LogP contribution in [0.15, 0.2) is 48.7 Å². The van der Waals surface area contributed by atoms with Crippen molar-refractivity contribution in [3.63, 3.8) is 0 Å². The number of pyridine rings is 1. The highest BCUT2D eigenvalue weighted by Crippen LogP contribution is 2.25. The number of anilines is 1. The Labute approximate surface area is 108 Å². The molecular formula is C15H18N2O. The fraction of sp³-hybridized carbons (Fsp3) is 0.267. The van der Waals surface area contributed by atoms with E-state index in [1.807, 2.05) is 36.5 Å². The Bertz CT molecular complexity index is 482. The summed E-state index contributed by atoms with van der Waals surface area (Å²) in [6.45, 7) is 2.15. The maximum Gasteiger partial charge on any atom is 0.119 e. The smallest absolute Gasteiger partial charge is 0.119 e. The molecular weight excluding hydrogens is 224 g/mol. The topological polar surface area (TPSA) is 25.4 Å². The van der Waals surface area contributed by atoms with E-state index < -0.39 is 0 Å². The lowest BCUT2D eigenvalue weighted by Gasteiger charge is -2.26. The number of methoxy groups -OCH3 is 1. The Morgan fingerprint density at radius 2 is 1.83 bits per heavy atom. The van der Waals surface area contributed by atoms with Crippen molar-refractivity contribution >= 4 is 5.69 Å². The van der Waals surface area contributed by atoms with Crippen LogP contribution in [0.1, 0.15) is 18.7 Å². The molecule has 94 valence electrons. The summed E-state index contributed by atoms with van der Waals surface area (Å²) >= 11 is 0. The predicted octanol–water partition coefficient (Wildman–Crippen LogP) is 3.29. The molecule has 0 aliphatic heterocycles. The van der Waals surface area contributed by atoms with Crippen molar-refractivity contribution in [1.29, 1.82) is 0 Å². The zero-order chi connectivity index (χ0) is 13.0. The van der Waals surface area contributed by atoms with Gasteiger partial charge in [-0.25, -0.2) is 0 Å². The largest absolute Gasteiger partial charge is 0.497 e. The SMILES string of the molecule is COc1ccc(N(C)C(C)c2ccccn2)cc1. The predicted molar refractivity (Wildman–Crippen MR) is 74.0 cm³/mol. The first-order chi connectivity index (χ1) is 8.72. The van der Waals surface area contributed by atoms with Crippen molar-refractivity contribution in [2.45, 2.75) is 13.0 Å². The third-order valence-electron chi connectivity index (χ3n) is 3.18. The van der Waals surface area contributed by atoms with E-state index in [-0.39, 0.29) is 6.04 Å². The lowest BCUT2D eigenvalue weighted by atomic mass is 10.1. The summed E-state index contributed by atoms with van der Waals surface area (Å²) < 4.78 is 5.16. The van der Waals surface area contributed by atoms with Crippen LogP contribution in [0.5, 0.6) is 5.75 Å². The van der Waals surface area contributed by atoms with Crippen LogP contribution in [0.3, 0.4) is 0 Å². The van der Waals surface area contributed by atoms with Gasteiger partial charge in [-0.1, -0.05) is 6.07 Å². The minimum absolute atomic E-state index is 0.236. The Kier molecular flexibility index (Phi) is 3.82. The molecule has 0 bridgehead atoms. The number of nitrogens with zero attached hydrogens (tertiary/aromatic N) is 2. The van der Waals surface area contributed by atoms with Gasteiger partial charge in [-0.3, -0.25) is 4.98 Å². The standard InChI is InChI=1S/C15H18N2O/c1-12(15-6-4-5-11-16-15)17(2)13-7-9-14(18-3)10-8-13/h4-12H,1-3H3. The second-order valence-corrected chi connectivity index (χ2v) is 4.24. The molecule has 0 fully saturated rings. The third-order valence-corrected chi connectivity index (χ3v) is 3.18. The highest BCUT2D eigenvalue weighted by molar-refractivity contribution is 5.49. The molecule has 18 heavy (non-hydrogen) atoms. The molecule has 0 aliphatic carbocycles. The second kappa shape index (κ2) is 5.54. The second-order valence-electron chi connectivity index (χ2n) is 4.24. The number of rotatable bonds is 4. The van der Waals surface area contributed by atoms with Crippen LogP contribution in [0.25, 0.3) is 0 Å². The lowest BCUT2D eigenvalue weighted by molar-refractivity contribution is 0.415. The van der Waals surface area contributed by atoms with Gasteiger partial charge in [0.15, 0.2) is 0 Å². The van der Waals surface area contributed by atoms with Crippen molar-refractivity contribution in [2.75, 3.05) is 19.1 Å². The molecule has 0 saturated carbocycles. The number of hydrogen-bond acceptors (Lipinski definition) is 3. The highest BCUT2D eigenvalue weighted by Gasteiger charge is 2.12. The molecule has 0 spiro atoms. The van der Waals surface area contributed by atoms with Gasteiger partial charge in [0, 0.05) is 18.9 Å². The summed E-state index contributed by atoms with van der Waals surface area (Å²) in [5.74, 6) is 0.873. The minimum atomic E-state index is 0.236. The lowest BCUT2D eigenvalue weighted by Crippen LogP contribution is -2.22. The van der Waals surface area contributed by atoms with Crippen molar-refractivity contribution in [2.24, 2.45) is 0 Å². The molecule has 1 heterocycles. The van der Waals surface area contributed by atoms with Crippen LogP contribution in [0, 0.1) is 0 Å². The molecule has 0 radical (unpaired) electrons. The molecule has 2 aromatic rings. The van der Waals surface area contributed by atoms with Crippen molar-refractivity contribution in [3.8, 4) is 5.75 Å². The molecule has 3 nitrogen and oxygen atoms in total. The summed E-state index contributed by atoms with van der Waals surface area (Å²) in [6, 6.07) is 14.3. The maximum absolute atomic E-state index is 5.16. The number of aromatic nitrogens is 1. The highest BCUT2D eigenvalue weighted by atomic mass is 16.5. The molecule has 1 aromatic carbocycles. The van der Waals surface area contributed by atoms with Crippen molar-refractivity contribution in [3.05, 3.63) is 54.4 Å². The van der Waals surface area contributed by atoms with Gasteiger partial charge in [-0.05, 0) is 43.3 Å². The van der Waals surface area contributed by atoms with Gasteiger partial charge in [0.25, 0.3) is 0 Å². The van der Waals surface area contributed by atoms with E-state index in [2.05, 4.69) is 36.0 Å². The van der Waals surface area contributed by atoms with E-state index in [1.54, 1.807) is 7.11 Å². The normalized spacial score (nSPS) is 11.9. The Balaban J connectivity index is 2.17. The van der Waals surface area contributed by atoms with E-state index in [1.165, 1.54) is 0 Å². The van der Waals surface area contributed by atoms with Gasteiger partial charge in [0.1, 0.15) is 5.75 Å². The number of hydrogen-bond donors (Lipinski definition) is 0. The fourth-order valence-electron chi connectivity index (χ4n) is 1.86. The van der Waals surface area contributed by atoms with Crippen LogP contribution in [-0.4, -0.2) is 19.1 Å². The van der Waals surface area contributed by atoms with Gasteiger partial charge in [0.2, 0.25) is 0 Å². The van der Waals surface area contributed by atoms with E-state index in [9.17, 15) is 0 Å². The van der Waals surface area contributed by atoms with Gasteiger partial charge in [-0.2, -0.15) is 0 Å². The van der Waals surface area contributed by atoms with E-state index in [0.717, 1.165) is 17.1 Å². The van der Waals surface area contributed by atoms with E-state index >= 15 is 0 Å². The minimum Gasteiger partial charge on any atom is -0.497 e. The van der Waals surface area contributed by atoms with Gasteiger partial charge in [0.05, 0.1) is 18.8 Å². The summed E-state index contributed by atoms with van der Waals surface area (Å²) in [7, 11) is 3.75. The molecule has 0 aliphatic rings. The molecule has 0 N–H and O–H groups in total. The molecule has 1 aromatic heterocycles. The van der Waals surface area contributed by atoms with Crippen molar-refractivity contribution < 1.29 is 4.74 Å². The summed E-state index contributed by atoms with van der Waals surface area (Å²) in [6.07, 6.45) is 1.83. The van der Waals surface area contributed by atoms with Crippen LogP contribution < -0.4 is 9.64 Å².